The number of hydrogen-bond acceptors (Lipinski definition) is 5. The number of rotatable bonds is 3. The monoisotopic (exact) mass is 282 g/mol. The number of hydrogen-bond donors (Lipinski definition) is 0. The lowest BCUT2D eigenvalue weighted by molar-refractivity contribution is 0.286. The Morgan fingerprint density at radius 2 is 1.79 bits per heavy atom. The van der Waals surface area contributed by atoms with Gasteiger partial charge in [0.1, 0.15) is 5.58 Å². The minimum atomic E-state index is -3.63. The van der Waals surface area contributed by atoms with E-state index >= 15 is 0 Å². The van der Waals surface area contributed by atoms with Gasteiger partial charge in [-0.25, -0.2) is 4.79 Å². The quantitative estimate of drug-likeness (QED) is 0.639. The molecule has 0 saturated carbocycles. The first-order valence-electron chi connectivity index (χ1n) is 5.69. The highest BCUT2D eigenvalue weighted by Gasteiger charge is 2.32. The molecule has 0 unspecified atom stereocenters. The van der Waals surface area contributed by atoms with Crippen molar-refractivity contribution in [1.29, 1.82) is 0 Å². The highest BCUT2D eigenvalue weighted by molar-refractivity contribution is 7.62. The first kappa shape index (κ1) is 14.0. The van der Waals surface area contributed by atoms with E-state index in [1.807, 2.05) is 19.1 Å². The summed E-state index contributed by atoms with van der Waals surface area (Å²) in [5.41, 5.74) is 1.33. The molecule has 0 aliphatic heterocycles. The lowest BCUT2D eigenvalue weighted by Gasteiger charge is -2.15. The molecule has 1 aromatic carbocycles. The largest absolute Gasteiger partial charge is 0.422 e. The van der Waals surface area contributed by atoms with Crippen molar-refractivity contribution >= 4 is 23.9 Å². The zero-order valence-corrected chi connectivity index (χ0v) is 12.1. The third-order valence-corrected chi connectivity index (χ3v) is 5.07. The fraction of sp³-hybridized carbons (Fsp3) is 0.308. The van der Waals surface area contributed by atoms with Gasteiger partial charge in [-0.2, -0.15) is 0 Å². The van der Waals surface area contributed by atoms with Crippen molar-refractivity contribution < 1.29 is 18.0 Å². The van der Waals surface area contributed by atoms with E-state index in [9.17, 15) is 9.36 Å². The smallest absolute Gasteiger partial charge is 0.368 e. The van der Waals surface area contributed by atoms with Crippen molar-refractivity contribution in [3.8, 4) is 0 Å². The summed E-state index contributed by atoms with van der Waals surface area (Å²) in [5, 5.41) is 0.680. The minimum absolute atomic E-state index is 0.0457. The molecule has 0 N–H and O–H groups in total. The van der Waals surface area contributed by atoms with Crippen LogP contribution in [0.5, 0.6) is 0 Å². The summed E-state index contributed by atoms with van der Waals surface area (Å²) in [5.74, 6) is 0. The Morgan fingerprint density at radius 3 is 2.37 bits per heavy atom. The maximum absolute atomic E-state index is 12.4. The van der Waals surface area contributed by atoms with Gasteiger partial charge in [0.05, 0.1) is 0 Å². The minimum Gasteiger partial charge on any atom is -0.422 e. The van der Waals surface area contributed by atoms with Crippen LogP contribution >= 0.6 is 7.60 Å². The lowest BCUT2D eigenvalue weighted by atomic mass is 10.1. The van der Waals surface area contributed by atoms with Crippen molar-refractivity contribution in [2.24, 2.45) is 0 Å². The summed E-state index contributed by atoms with van der Waals surface area (Å²) < 4.78 is 27.4. The van der Waals surface area contributed by atoms with E-state index in [1.165, 1.54) is 14.2 Å². The summed E-state index contributed by atoms with van der Waals surface area (Å²) in [4.78, 5) is 12.0. The van der Waals surface area contributed by atoms with Gasteiger partial charge < -0.3 is 13.5 Å². The third kappa shape index (κ3) is 2.25. The van der Waals surface area contributed by atoms with Crippen molar-refractivity contribution in [2.45, 2.75) is 13.8 Å². The summed E-state index contributed by atoms with van der Waals surface area (Å²) in [6.07, 6.45) is 0. The highest BCUT2D eigenvalue weighted by atomic mass is 31.2. The molecule has 0 atom stereocenters. The van der Waals surface area contributed by atoms with Crippen LogP contribution in [0.3, 0.4) is 0 Å². The van der Waals surface area contributed by atoms with Crippen LogP contribution in [0.1, 0.15) is 11.1 Å². The topological polar surface area (TPSA) is 65.7 Å². The summed E-state index contributed by atoms with van der Waals surface area (Å²) in [7, 11) is -1.16. The molecule has 2 aromatic rings. The van der Waals surface area contributed by atoms with E-state index in [2.05, 4.69) is 0 Å². The molecule has 6 heteroatoms. The van der Waals surface area contributed by atoms with Gasteiger partial charge in [0.15, 0.2) is 5.30 Å². The Labute approximate surface area is 110 Å². The van der Waals surface area contributed by atoms with E-state index in [-0.39, 0.29) is 5.30 Å². The second kappa shape index (κ2) is 4.93. The van der Waals surface area contributed by atoms with Gasteiger partial charge in [0, 0.05) is 19.6 Å². The fourth-order valence-corrected chi connectivity index (χ4v) is 3.34. The van der Waals surface area contributed by atoms with Crippen LogP contribution in [0.15, 0.2) is 27.4 Å². The van der Waals surface area contributed by atoms with Crippen LogP contribution < -0.4 is 10.9 Å². The Balaban J connectivity index is 2.90. The molecular weight excluding hydrogens is 267 g/mol. The molecule has 0 radical (unpaired) electrons. The van der Waals surface area contributed by atoms with E-state index in [0.29, 0.717) is 11.1 Å². The number of aryl methyl sites for hydroxylation is 2. The molecule has 0 spiro atoms. The molecule has 0 saturated heterocycles. The molecule has 0 bridgehead atoms. The Morgan fingerprint density at radius 1 is 1.16 bits per heavy atom. The lowest BCUT2D eigenvalue weighted by Crippen LogP contribution is -2.28. The Hall–Kier alpha value is -1.42. The van der Waals surface area contributed by atoms with Gasteiger partial charge in [-0.3, -0.25) is 4.57 Å². The average Bonchev–Trinajstić information content (AvgIpc) is 2.39. The number of benzene rings is 1. The first-order valence-corrected chi connectivity index (χ1v) is 7.23. The van der Waals surface area contributed by atoms with Crippen LogP contribution in [-0.2, 0) is 13.6 Å². The Kier molecular flexibility index (Phi) is 3.63. The summed E-state index contributed by atoms with van der Waals surface area (Å²) >= 11 is 0. The van der Waals surface area contributed by atoms with E-state index in [4.69, 9.17) is 13.5 Å². The predicted molar refractivity (Wildman–Crippen MR) is 73.2 cm³/mol. The van der Waals surface area contributed by atoms with Gasteiger partial charge in [0.25, 0.3) is 0 Å². The zero-order chi connectivity index (χ0) is 14.2. The van der Waals surface area contributed by atoms with Crippen molar-refractivity contribution in [1.82, 2.24) is 0 Å². The van der Waals surface area contributed by atoms with Crippen LogP contribution in [0.2, 0.25) is 0 Å². The van der Waals surface area contributed by atoms with Crippen LogP contribution in [0.4, 0.5) is 0 Å². The standard InChI is InChI=1S/C13H15O5P/c1-8-5-6-11-10(7-8)9(2)12(13(14)18-11)19(15,16-3)17-4/h5-7H,1-4H3. The Bertz CT molecular complexity index is 724. The van der Waals surface area contributed by atoms with Gasteiger partial charge in [-0.1, -0.05) is 11.6 Å². The van der Waals surface area contributed by atoms with Gasteiger partial charge in [-0.05, 0) is 31.5 Å². The fourth-order valence-electron chi connectivity index (χ4n) is 2.03. The molecule has 0 amide bonds. The van der Waals surface area contributed by atoms with Crippen molar-refractivity contribution in [2.75, 3.05) is 14.2 Å². The molecule has 2 rings (SSSR count). The highest BCUT2D eigenvalue weighted by Crippen LogP contribution is 2.45. The summed E-state index contributed by atoms with van der Waals surface area (Å²) in [6, 6.07) is 5.43. The predicted octanol–water partition coefficient (Wildman–Crippen LogP) is 2.52. The third-order valence-electron chi connectivity index (χ3n) is 3.04. The average molecular weight is 282 g/mol. The SMILES string of the molecule is COP(=O)(OC)c1c(C)c2cc(C)ccc2oc1=O. The first-order chi connectivity index (χ1) is 8.92. The van der Waals surface area contributed by atoms with Gasteiger partial charge >= 0.3 is 13.2 Å². The molecule has 0 aliphatic carbocycles. The maximum Gasteiger partial charge on any atom is 0.368 e. The zero-order valence-electron chi connectivity index (χ0n) is 11.2. The second-order valence-electron chi connectivity index (χ2n) is 4.23. The van der Waals surface area contributed by atoms with Crippen molar-refractivity contribution in [3.63, 3.8) is 0 Å². The molecule has 0 fully saturated rings. The van der Waals surface area contributed by atoms with E-state index < -0.39 is 13.2 Å². The molecule has 1 aromatic heterocycles. The molecule has 102 valence electrons. The normalized spacial score (nSPS) is 12.0. The van der Waals surface area contributed by atoms with Crippen molar-refractivity contribution in [3.05, 3.63) is 39.7 Å². The van der Waals surface area contributed by atoms with E-state index in [0.717, 1.165) is 10.9 Å². The molecular formula is C13H15O5P. The number of fused-ring (bicyclic) bond motifs is 1. The summed E-state index contributed by atoms with van der Waals surface area (Å²) in [6.45, 7) is 3.63. The maximum atomic E-state index is 12.4. The van der Waals surface area contributed by atoms with Gasteiger partial charge in [0.2, 0.25) is 0 Å². The molecule has 19 heavy (non-hydrogen) atoms. The molecule has 1 heterocycles. The second-order valence-corrected chi connectivity index (χ2v) is 6.40. The molecule has 5 nitrogen and oxygen atoms in total. The van der Waals surface area contributed by atoms with Gasteiger partial charge in [-0.15, -0.1) is 0 Å². The molecule has 0 aliphatic rings. The van der Waals surface area contributed by atoms with Crippen LogP contribution in [0, 0.1) is 13.8 Å². The van der Waals surface area contributed by atoms with E-state index in [1.54, 1.807) is 13.0 Å². The van der Waals surface area contributed by atoms with Crippen LogP contribution in [0.25, 0.3) is 11.0 Å². The van der Waals surface area contributed by atoms with Crippen LogP contribution in [-0.4, -0.2) is 14.2 Å².